The molecule has 0 atom stereocenters. The molecule has 1 aromatic rings. The summed E-state index contributed by atoms with van der Waals surface area (Å²) in [6.45, 7) is 2.43. The second-order valence-electron chi connectivity index (χ2n) is 5.13. The topological polar surface area (TPSA) is 110 Å². The van der Waals surface area contributed by atoms with Crippen molar-refractivity contribution in [2.45, 2.75) is 24.3 Å². The highest BCUT2D eigenvalue weighted by molar-refractivity contribution is 9.10. The number of rotatable bonds is 2. The van der Waals surface area contributed by atoms with E-state index in [0.717, 1.165) is 4.31 Å². The predicted octanol–water partition coefficient (Wildman–Crippen LogP) is 0.457. The van der Waals surface area contributed by atoms with Crippen LogP contribution in [0.4, 0.5) is 5.69 Å². The van der Waals surface area contributed by atoms with Crippen LogP contribution in [-0.4, -0.2) is 36.6 Å². The maximum Gasteiger partial charge on any atom is 0.247 e. The summed E-state index contributed by atoms with van der Waals surface area (Å²) in [7, 11) is -4.08. The Morgan fingerprint density at radius 2 is 1.95 bits per heavy atom. The lowest BCUT2D eigenvalue weighted by atomic mass is 10.0. The number of anilines is 1. The van der Waals surface area contributed by atoms with Crippen LogP contribution in [0.2, 0.25) is 0 Å². The van der Waals surface area contributed by atoms with Crippen LogP contribution >= 0.6 is 15.9 Å². The van der Waals surface area contributed by atoms with Crippen LogP contribution in [0, 0.1) is 0 Å². The summed E-state index contributed by atoms with van der Waals surface area (Å²) in [4.78, 5) is 23.3. The van der Waals surface area contributed by atoms with Gasteiger partial charge in [0, 0.05) is 4.47 Å². The molecule has 1 aliphatic heterocycles. The molecule has 2 amide bonds. The minimum Gasteiger partial charge on any atom is -0.398 e. The van der Waals surface area contributed by atoms with Crippen molar-refractivity contribution in [2.24, 2.45) is 0 Å². The van der Waals surface area contributed by atoms with Gasteiger partial charge in [-0.3, -0.25) is 14.9 Å². The number of carbonyl (C=O) groups is 2. The second-order valence-corrected chi connectivity index (χ2v) is 7.88. The highest BCUT2D eigenvalue weighted by atomic mass is 79.9. The first-order valence-electron chi connectivity index (χ1n) is 5.99. The minimum absolute atomic E-state index is 0.0404. The molecule has 1 saturated heterocycles. The third-order valence-corrected chi connectivity index (χ3v) is 5.85. The van der Waals surface area contributed by atoms with Crippen LogP contribution in [0.5, 0.6) is 0 Å². The summed E-state index contributed by atoms with van der Waals surface area (Å²) in [5.41, 5.74) is 4.41. The molecule has 0 unspecified atom stereocenters. The molecule has 9 heteroatoms. The highest BCUT2D eigenvalue weighted by Gasteiger charge is 2.48. The van der Waals surface area contributed by atoms with Gasteiger partial charge in [-0.1, -0.05) is 15.9 Å². The molecule has 1 aliphatic rings. The molecule has 0 bridgehead atoms. The van der Waals surface area contributed by atoms with Gasteiger partial charge in [0.2, 0.25) is 21.8 Å². The molecule has 1 fully saturated rings. The van der Waals surface area contributed by atoms with Gasteiger partial charge in [0.05, 0.1) is 12.2 Å². The Balaban J connectivity index is 2.56. The number of benzene rings is 1. The Labute approximate surface area is 130 Å². The summed E-state index contributed by atoms with van der Waals surface area (Å²) in [6.07, 6.45) is 0. The van der Waals surface area contributed by atoms with Crippen molar-refractivity contribution >= 4 is 43.5 Å². The van der Waals surface area contributed by atoms with E-state index < -0.39 is 33.9 Å². The van der Waals surface area contributed by atoms with Gasteiger partial charge in [0.25, 0.3) is 0 Å². The first kappa shape index (κ1) is 15.9. The van der Waals surface area contributed by atoms with E-state index in [4.69, 9.17) is 5.73 Å². The molecule has 0 spiro atoms. The number of hydrogen-bond acceptors (Lipinski definition) is 5. The Hall–Kier alpha value is -1.45. The van der Waals surface area contributed by atoms with Crippen LogP contribution in [0.3, 0.4) is 0 Å². The van der Waals surface area contributed by atoms with E-state index in [1.54, 1.807) is 0 Å². The summed E-state index contributed by atoms with van der Waals surface area (Å²) < 4.78 is 26.9. The fourth-order valence-electron chi connectivity index (χ4n) is 2.02. The molecule has 1 heterocycles. The Kier molecular flexibility index (Phi) is 3.85. The standard InChI is InChI=1S/C12H14BrN3O4S/c1-12(2)11(18)15-10(17)6-16(12)21(19,20)9-4-3-7(13)5-8(9)14/h3-5H,6,14H2,1-2H3,(H,15,17,18). The molecule has 3 N–H and O–H groups in total. The Morgan fingerprint density at radius 1 is 1.33 bits per heavy atom. The fourth-order valence-corrected chi connectivity index (χ4v) is 4.20. The molecule has 114 valence electrons. The SMILES string of the molecule is CC1(C)C(=O)NC(=O)CN1S(=O)(=O)c1ccc(Br)cc1N. The summed E-state index contributed by atoms with van der Waals surface area (Å²) in [6, 6.07) is 4.32. The molecule has 1 aromatic carbocycles. The van der Waals surface area contributed by atoms with E-state index in [9.17, 15) is 18.0 Å². The largest absolute Gasteiger partial charge is 0.398 e. The number of nitrogen functional groups attached to an aromatic ring is 1. The normalized spacial score (nSPS) is 19.4. The summed E-state index contributed by atoms with van der Waals surface area (Å²) in [5.74, 6) is -1.34. The lowest BCUT2D eigenvalue weighted by Crippen LogP contribution is -2.65. The number of sulfonamides is 1. The molecule has 7 nitrogen and oxygen atoms in total. The molecule has 0 radical (unpaired) electrons. The van der Waals surface area contributed by atoms with Crippen molar-refractivity contribution in [2.75, 3.05) is 12.3 Å². The van der Waals surface area contributed by atoms with Crippen molar-refractivity contribution in [1.82, 2.24) is 9.62 Å². The van der Waals surface area contributed by atoms with Crippen LogP contribution in [0.15, 0.2) is 27.6 Å². The number of halogens is 1. The molecule has 0 aromatic heterocycles. The number of nitrogens with zero attached hydrogens (tertiary/aromatic N) is 1. The van der Waals surface area contributed by atoms with Crippen molar-refractivity contribution in [3.63, 3.8) is 0 Å². The van der Waals surface area contributed by atoms with Gasteiger partial charge in [0.1, 0.15) is 10.4 Å². The third kappa shape index (κ3) is 2.68. The maximum absolute atomic E-state index is 12.7. The zero-order valence-corrected chi connectivity index (χ0v) is 13.8. The van der Waals surface area contributed by atoms with Gasteiger partial charge in [-0.15, -0.1) is 0 Å². The van der Waals surface area contributed by atoms with Crippen LogP contribution in [0.25, 0.3) is 0 Å². The van der Waals surface area contributed by atoms with Crippen LogP contribution < -0.4 is 11.1 Å². The Morgan fingerprint density at radius 3 is 2.52 bits per heavy atom. The first-order valence-corrected chi connectivity index (χ1v) is 8.22. The second kappa shape index (κ2) is 5.08. The quantitative estimate of drug-likeness (QED) is 0.576. The van der Waals surface area contributed by atoms with Gasteiger partial charge in [-0.05, 0) is 32.0 Å². The van der Waals surface area contributed by atoms with E-state index in [1.165, 1.54) is 32.0 Å². The average molecular weight is 376 g/mol. The van der Waals surface area contributed by atoms with Crippen molar-refractivity contribution in [1.29, 1.82) is 0 Å². The monoisotopic (exact) mass is 375 g/mol. The molecule has 0 saturated carbocycles. The zero-order chi connectivity index (χ0) is 16.0. The highest BCUT2D eigenvalue weighted by Crippen LogP contribution is 2.31. The first-order chi connectivity index (χ1) is 9.56. The van der Waals surface area contributed by atoms with E-state index in [-0.39, 0.29) is 10.6 Å². The van der Waals surface area contributed by atoms with Crippen molar-refractivity contribution < 1.29 is 18.0 Å². The van der Waals surface area contributed by atoms with E-state index in [1.807, 2.05) is 0 Å². The lowest BCUT2D eigenvalue weighted by Gasteiger charge is -2.38. The number of piperazine rings is 1. The molecule has 2 rings (SSSR count). The van der Waals surface area contributed by atoms with Gasteiger partial charge in [0.15, 0.2) is 0 Å². The predicted molar refractivity (Wildman–Crippen MR) is 79.7 cm³/mol. The maximum atomic E-state index is 12.7. The molecular weight excluding hydrogens is 362 g/mol. The number of amides is 2. The number of imide groups is 1. The van der Waals surface area contributed by atoms with Gasteiger partial charge < -0.3 is 5.73 Å². The third-order valence-electron chi connectivity index (χ3n) is 3.26. The van der Waals surface area contributed by atoms with Crippen molar-refractivity contribution in [3.05, 3.63) is 22.7 Å². The number of hydrogen-bond donors (Lipinski definition) is 2. The fraction of sp³-hybridized carbons (Fsp3) is 0.333. The number of carbonyl (C=O) groups excluding carboxylic acids is 2. The van der Waals surface area contributed by atoms with Crippen molar-refractivity contribution in [3.8, 4) is 0 Å². The van der Waals surface area contributed by atoms with Gasteiger partial charge in [-0.25, -0.2) is 8.42 Å². The molecule has 21 heavy (non-hydrogen) atoms. The number of nitrogens with one attached hydrogen (secondary N) is 1. The lowest BCUT2D eigenvalue weighted by molar-refractivity contribution is -0.141. The molecular formula is C12H14BrN3O4S. The Bertz CT molecular complexity index is 730. The van der Waals surface area contributed by atoms with Gasteiger partial charge >= 0.3 is 0 Å². The number of nitrogens with two attached hydrogens (primary N) is 1. The average Bonchev–Trinajstić information content (AvgIpc) is 2.33. The minimum atomic E-state index is -4.08. The smallest absolute Gasteiger partial charge is 0.247 e. The van der Waals surface area contributed by atoms with E-state index in [2.05, 4.69) is 21.2 Å². The molecule has 0 aliphatic carbocycles. The summed E-state index contributed by atoms with van der Waals surface area (Å²) >= 11 is 3.19. The van der Waals surface area contributed by atoms with E-state index in [0.29, 0.717) is 4.47 Å². The summed E-state index contributed by atoms with van der Waals surface area (Å²) in [5, 5.41) is 2.12. The van der Waals surface area contributed by atoms with Crippen LogP contribution in [-0.2, 0) is 19.6 Å². The zero-order valence-electron chi connectivity index (χ0n) is 11.4. The van der Waals surface area contributed by atoms with E-state index >= 15 is 0 Å². The van der Waals surface area contributed by atoms with Crippen LogP contribution in [0.1, 0.15) is 13.8 Å². The van der Waals surface area contributed by atoms with Gasteiger partial charge in [-0.2, -0.15) is 4.31 Å².